The molecule has 1 fully saturated rings. The quantitative estimate of drug-likeness (QED) is 0.717. The van der Waals surface area contributed by atoms with Gasteiger partial charge in [0.15, 0.2) is 0 Å². The summed E-state index contributed by atoms with van der Waals surface area (Å²) in [7, 11) is 0. The van der Waals surface area contributed by atoms with Crippen LogP contribution in [0.4, 0.5) is 23.1 Å². The third kappa shape index (κ3) is 3.93. The van der Waals surface area contributed by atoms with E-state index in [1.165, 1.54) is 16.8 Å². The van der Waals surface area contributed by atoms with E-state index >= 15 is 0 Å². The molecule has 1 N–H and O–H groups in total. The molecule has 4 rings (SSSR count). The van der Waals surface area contributed by atoms with Crippen molar-refractivity contribution in [1.29, 1.82) is 0 Å². The number of nitrogens with one attached hydrogen (secondary N) is 1. The fourth-order valence-electron chi connectivity index (χ4n) is 3.73. The Balaban J connectivity index is 1.46. The number of benzene rings is 2. The molecule has 0 amide bonds. The van der Waals surface area contributed by atoms with Crippen LogP contribution < -0.4 is 15.1 Å². The Morgan fingerprint density at radius 1 is 0.893 bits per heavy atom. The Bertz CT molecular complexity index is 917. The van der Waals surface area contributed by atoms with Crippen molar-refractivity contribution in [3.8, 4) is 0 Å². The molecule has 3 aromatic rings. The van der Waals surface area contributed by atoms with E-state index in [2.05, 4.69) is 82.5 Å². The minimum atomic E-state index is 0.659. The lowest BCUT2D eigenvalue weighted by molar-refractivity contribution is 0.647. The van der Waals surface area contributed by atoms with Crippen LogP contribution in [-0.2, 0) is 6.42 Å². The normalized spacial score (nSPS) is 14.2. The average Bonchev–Trinajstić information content (AvgIpc) is 2.76. The van der Waals surface area contributed by atoms with Gasteiger partial charge in [-0.2, -0.15) is 4.98 Å². The average molecular weight is 374 g/mol. The molecule has 1 aromatic heterocycles. The second-order valence-corrected chi connectivity index (χ2v) is 7.14. The molecule has 0 bridgehead atoms. The smallest absolute Gasteiger partial charge is 0.229 e. The van der Waals surface area contributed by atoms with Gasteiger partial charge in [-0.05, 0) is 42.7 Å². The van der Waals surface area contributed by atoms with Crippen molar-refractivity contribution in [2.45, 2.75) is 20.3 Å². The molecule has 1 saturated heterocycles. The highest BCUT2D eigenvalue weighted by atomic mass is 15.3. The number of hydrogen-bond acceptors (Lipinski definition) is 5. The summed E-state index contributed by atoms with van der Waals surface area (Å²) in [5, 5.41) is 3.45. The molecular formula is C23H27N5. The number of rotatable bonds is 5. The van der Waals surface area contributed by atoms with Gasteiger partial charge >= 0.3 is 0 Å². The molecule has 2 aromatic carbocycles. The van der Waals surface area contributed by atoms with Crippen molar-refractivity contribution < 1.29 is 0 Å². The molecule has 1 aliphatic heterocycles. The number of para-hydroxylation sites is 2. The van der Waals surface area contributed by atoms with Gasteiger partial charge < -0.3 is 15.1 Å². The first-order valence-electron chi connectivity index (χ1n) is 9.98. The van der Waals surface area contributed by atoms with Crippen molar-refractivity contribution in [2.24, 2.45) is 0 Å². The van der Waals surface area contributed by atoms with Crippen LogP contribution in [0.25, 0.3) is 0 Å². The zero-order valence-electron chi connectivity index (χ0n) is 16.6. The molecule has 0 spiro atoms. The Labute approximate surface area is 167 Å². The zero-order valence-corrected chi connectivity index (χ0v) is 16.6. The van der Waals surface area contributed by atoms with Crippen molar-refractivity contribution >= 4 is 23.1 Å². The third-order valence-electron chi connectivity index (χ3n) is 5.34. The lowest BCUT2D eigenvalue weighted by Crippen LogP contribution is -2.46. The third-order valence-corrected chi connectivity index (χ3v) is 5.34. The fourth-order valence-corrected chi connectivity index (χ4v) is 3.73. The molecule has 144 valence electrons. The Morgan fingerprint density at radius 2 is 1.64 bits per heavy atom. The van der Waals surface area contributed by atoms with Crippen LogP contribution in [-0.4, -0.2) is 36.1 Å². The van der Waals surface area contributed by atoms with E-state index in [1.54, 1.807) is 0 Å². The van der Waals surface area contributed by atoms with Crippen molar-refractivity contribution in [3.63, 3.8) is 0 Å². The molecule has 0 radical (unpaired) electrons. The standard InChI is InChI=1S/C23H27N5/c1-3-19-9-7-8-18(2)22(19)26-23-24-13-12-21(25-23)28-16-14-27(15-17-28)20-10-5-4-6-11-20/h4-13H,3,14-17H2,1-2H3,(H,24,25,26). The molecule has 5 nitrogen and oxygen atoms in total. The van der Waals surface area contributed by atoms with Crippen molar-refractivity contribution in [1.82, 2.24) is 9.97 Å². The second kappa shape index (κ2) is 8.30. The van der Waals surface area contributed by atoms with Crippen LogP contribution >= 0.6 is 0 Å². The summed E-state index contributed by atoms with van der Waals surface area (Å²) in [6.45, 7) is 8.19. The maximum atomic E-state index is 4.79. The number of hydrogen-bond donors (Lipinski definition) is 1. The number of piperazine rings is 1. The minimum absolute atomic E-state index is 0.659. The van der Waals surface area contributed by atoms with E-state index < -0.39 is 0 Å². The van der Waals surface area contributed by atoms with Crippen molar-refractivity contribution in [3.05, 3.63) is 71.9 Å². The SMILES string of the molecule is CCc1cccc(C)c1Nc1nccc(N2CCN(c3ccccc3)CC2)n1. The highest BCUT2D eigenvalue weighted by Crippen LogP contribution is 2.25. The van der Waals surface area contributed by atoms with E-state index in [-0.39, 0.29) is 0 Å². The van der Waals surface area contributed by atoms with Gasteiger partial charge in [-0.1, -0.05) is 43.3 Å². The number of nitrogens with zero attached hydrogens (tertiary/aromatic N) is 4. The van der Waals surface area contributed by atoms with Gasteiger partial charge in [0.25, 0.3) is 0 Å². The summed E-state index contributed by atoms with van der Waals surface area (Å²) in [5.74, 6) is 1.64. The fraction of sp³-hybridized carbons (Fsp3) is 0.304. The topological polar surface area (TPSA) is 44.3 Å². The first kappa shape index (κ1) is 18.3. The highest BCUT2D eigenvalue weighted by molar-refractivity contribution is 5.64. The molecule has 1 aliphatic rings. The Hall–Kier alpha value is -3.08. The van der Waals surface area contributed by atoms with Crippen LogP contribution in [0, 0.1) is 6.92 Å². The van der Waals surface area contributed by atoms with Gasteiger partial charge in [0.05, 0.1) is 0 Å². The van der Waals surface area contributed by atoms with Crippen molar-refractivity contribution in [2.75, 3.05) is 41.3 Å². The first-order valence-corrected chi connectivity index (χ1v) is 9.98. The van der Waals surface area contributed by atoms with E-state index in [4.69, 9.17) is 4.98 Å². The number of aryl methyl sites for hydroxylation is 2. The van der Waals surface area contributed by atoms with Gasteiger partial charge in [0.1, 0.15) is 5.82 Å². The lowest BCUT2D eigenvalue weighted by Gasteiger charge is -2.36. The number of aromatic nitrogens is 2. The summed E-state index contributed by atoms with van der Waals surface area (Å²) in [5.41, 5.74) is 4.91. The summed E-state index contributed by atoms with van der Waals surface area (Å²) in [6.07, 6.45) is 2.82. The number of anilines is 4. The van der Waals surface area contributed by atoms with Crippen LogP contribution in [0.3, 0.4) is 0 Å². The largest absolute Gasteiger partial charge is 0.368 e. The first-order chi connectivity index (χ1) is 13.7. The van der Waals surface area contributed by atoms with E-state index in [1.807, 2.05) is 12.3 Å². The molecule has 0 saturated carbocycles. The molecule has 28 heavy (non-hydrogen) atoms. The molecule has 0 unspecified atom stereocenters. The molecule has 0 atom stereocenters. The zero-order chi connectivity index (χ0) is 19.3. The van der Waals surface area contributed by atoms with Crippen LogP contribution in [0.5, 0.6) is 0 Å². The maximum Gasteiger partial charge on any atom is 0.229 e. The monoisotopic (exact) mass is 373 g/mol. The van der Waals surface area contributed by atoms with Crippen LogP contribution in [0.15, 0.2) is 60.8 Å². The van der Waals surface area contributed by atoms with Gasteiger partial charge in [0, 0.05) is 43.8 Å². The molecule has 0 aliphatic carbocycles. The van der Waals surface area contributed by atoms with Gasteiger partial charge in [-0.3, -0.25) is 0 Å². The summed E-state index contributed by atoms with van der Waals surface area (Å²) < 4.78 is 0. The van der Waals surface area contributed by atoms with Gasteiger partial charge in [-0.15, -0.1) is 0 Å². The Morgan fingerprint density at radius 3 is 2.39 bits per heavy atom. The predicted molar refractivity (Wildman–Crippen MR) is 117 cm³/mol. The van der Waals surface area contributed by atoms with Crippen LogP contribution in [0.2, 0.25) is 0 Å². The van der Waals surface area contributed by atoms with Crippen LogP contribution in [0.1, 0.15) is 18.1 Å². The highest BCUT2D eigenvalue weighted by Gasteiger charge is 2.19. The summed E-state index contributed by atoms with van der Waals surface area (Å²) in [6, 6.07) is 19.0. The van der Waals surface area contributed by atoms with E-state index in [0.29, 0.717) is 5.95 Å². The van der Waals surface area contributed by atoms with Gasteiger partial charge in [-0.25, -0.2) is 4.98 Å². The molecule has 5 heteroatoms. The predicted octanol–water partition coefficient (Wildman–Crippen LogP) is 4.42. The molecule has 2 heterocycles. The maximum absolute atomic E-state index is 4.79. The second-order valence-electron chi connectivity index (χ2n) is 7.14. The minimum Gasteiger partial charge on any atom is -0.368 e. The Kier molecular flexibility index (Phi) is 5.42. The summed E-state index contributed by atoms with van der Waals surface area (Å²) in [4.78, 5) is 14.0. The lowest BCUT2D eigenvalue weighted by atomic mass is 10.1. The van der Waals surface area contributed by atoms with E-state index in [9.17, 15) is 0 Å². The van der Waals surface area contributed by atoms with E-state index in [0.717, 1.165) is 44.1 Å². The summed E-state index contributed by atoms with van der Waals surface area (Å²) >= 11 is 0. The molecular weight excluding hydrogens is 346 g/mol. The van der Waals surface area contributed by atoms with Gasteiger partial charge in [0.2, 0.25) is 5.95 Å².